The fourth-order valence-corrected chi connectivity index (χ4v) is 8.65. The van der Waals surface area contributed by atoms with Crippen LogP contribution in [0.15, 0.2) is 0 Å². The molecule has 0 heterocycles. The maximum absolute atomic E-state index is 12.7. The van der Waals surface area contributed by atoms with Crippen molar-refractivity contribution >= 4 is 11.9 Å². The molecule has 0 rings (SSSR count). The Balaban J connectivity index is 0. The van der Waals surface area contributed by atoms with Gasteiger partial charge in [0.15, 0.2) is 0 Å². The van der Waals surface area contributed by atoms with Crippen molar-refractivity contribution in [1.29, 1.82) is 0 Å². The van der Waals surface area contributed by atoms with E-state index < -0.39 is 0 Å². The van der Waals surface area contributed by atoms with Crippen LogP contribution in [0.25, 0.3) is 0 Å². The maximum atomic E-state index is 12.7. The number of carbonyl (C=O) groups is 2. The molecule has 2 unspecified atom stereocenters. The molecule has 2 atom stereocenters. The number of rotatable bonds is 49. The van der Waals surface area contributed by atoms with Gasteiger partial charge in [0.2, 0.25) is 0 Å². The molecule has 0 fully saturated rings. The Morgan fingerprint density at radius 3 is 0.900 bits per heavy atom. The van der Waals surface area contributed by atoms with E-state index in [-0.39, 0.29) is 33.0 Å². The summed E-state index contributed by atoms with van der Waals surface area (Å²) >= 11 is 0. The van der Waals surface area contributed by atoms with Crippen LogP contribution in [0.4, 0.5) is 0 Å². The van der Waals surface area contributed by atoms with Gasteiger partial charge in [-0.15, -0.1) is 6.54 Å². The first-order chi connectivity index (χ1) is 29.0. The van der Waals surface area contributed by atoms with E-state index >= 15 is 0 Å². The van der Waals surface area contributed by atoms with Gasteiger partial charge in [-0.1, -0.05) is 220 Å². The van der Waals surface area contributed by atoms with Crippen molar-refractivity contribution in [3.63, 3.8) is 0 Å². The molecular formula is C54H106MoNO4-. The number of ether oxygens (including phenoxy) is 2. The Morgan fingerprint density at radius 1 is 0.383 bits per heavy atom. The Kier molecular flexibility index (Phi) is 52.7. The minimum absolute atomic E-state index is 0. The van der Waals surface area contributed by atoms with Crippen LogP contribution in [0.1, 0.15) is 285 Å². The molecule has 5 nitrogen and oxygen atoms in total. The number of esters is 2. The molecule has 0 spiro atoms. The molecule has 0 aromatic rings. The van der Waals surface area contributed by atoms with Gasteiger partial charge >= 0.3 is 11.9 Å². The first-order valence-electron chi connectivity index (χ1n) is 26.8. The van der Waals surface area contributed by atoms with E-state index in [0.717, 1.165) is 58.2 Å². The quantitative estimate of drug-likeness (QED) is 0.0263. The average molecular weight is 929 g/mol. The summed E-state index contributed by atoms with van der Waals surface area (Å²) < 4.78 is 11.7. The molecule has 0 aromatic heterocycles. The van der Waals surface area contributed by atoms with Crippen LogP contribution in [0.2, 0.25) is 0 Å². The number of nitrogens with zero attached hydrogens (tertiary/aromatic N) is 1. The van der Waals surface area contributed by atoms with Gasteiger partial charge in [0.25, 0.3) is 0 Å². The summed E-state index contributed by atoms with van der Waals surface area (Å²) in [6.07, 6.45) is 49.5. The Labute approximate surface area is 391 Å². The van der Waals surface area contributed by atoms with Crippen molar-refractivity contribution in [3.8, 4) is 0 Å². The molecule has 0 saturated carbocycles. The molecule has 0 bridgehead atoms. The monoisotopic (exact) mass is 931 g/mol. The van der Waals surface area contributed by atoms with Gasteiger partial charge in [0, 0.05) is 33.9 Å². The second kappa shape index (κ2) is 51.2. The molecule has 6 heteroatoms. The van der Waals surface area contributed by atoms with Crippen LogP contribution in [0.3, 0.4) is 0 Å². The van der Waals surface area contributed by atoms with Crippen molar-refractivity contribution in [2.75, 3.05) is 32.8 Å². The van der Waals surface area contributed by atoms with Crippen molar-refractivity contribution in [2.45, 2.75) is 285 Å². The van der Waals surface area contributed by atoms with Crippen LogP contribution in [-0.4, -0.2) is 49.7 Å². The van der Waals surface area contributed by atoms with Crippen molar-refractivity contribution in [2.24, 2.45) is 11.8 Å². The van der Waals surface area contributed by atoms with Gasteiger partial charge in [-0.25, -0.2) is 0 Å². The fourth-order valence-electron chi connectivity index (χ4n) is 8.65. The molecule has 0 amide bonds. The zero-order valence-electron chi connectivity index (χ0n) is 41.2. The average Bonchev–Trinajstić information content (AvgIpc) is 3.24. The molecule has 358 valence electrons. The summed E-state index contributed by atoms with van der Waals surface area (Å²) in [5, 5.41) is 0. The standard InChI is InChI=1S/C54H106NO4.Mo/c1-6-11-15-19-23-25-29-35-43-51(41-33-27-21-17-13-8-3)49-58-53(56)45-37-31-39-47-55(10-5)48-40-32-38-46-54(57)59-50-52(42-34-28-22-18-14-9-4)44-36-30-26-24-20-16-12-7-2;/h51-52H,5-50H2,1-4H3;/q-1;. The predicted octanol–water partition coefficient (Wildman–Crippen LogP) is 17.1. The smallest absolute Gasteiger partial charge is 0.305 e. The minimum Gasteiger partial charge on any atom is -0.465 e. The Morgan fingerprint density at radius 2 is 0.633 bits per heavy atom. The molecular weight excluding hydrogens is 823 g/mol. The third kappa shape index (κ3) is 45.6. The van der Waals surface area contributed by atoms with E-state index in [1.165, 1.54) is 205 Å². The van der Waals surface area contributed by atoms with Crippen LogP contribution in [0.5, 0.6) is 0 Å². The molecule has 0 N–H and O–H groups in total. The number of hydrogen-bond donors (Lipinski definition) is 0. The van der Waals surface area contributed by atoms with Gasteiger partial charge in [-0.2, -0.15) is 0 Å². The van der Waals surface area contributed by atoms with E-state index in [0.29, 0.717) is 37.9 Å². The van der Waals surface area contributed by atoms with E-state index in [1.807, 2.05) is 0 Å². The molecule has 0 aliphatic rings. The van der Waals surface area contributed by atoms with Crippen LogP contribution >= 0.6 is 0 Å². The normalized spacial score (nSPS) is 12.4. The van der Waals surface area contributed by atoms with Crippen LogP contribution in [-0.2, 0) is 40.1 Å². The van der Waals surface area contributed by atoms with E-state index in [2.05, 4.69) is 39.5 Å². The zero-order valence-corrected chi connectivity index (χ0v) is 43.2. The van der Waals surface area contributed by atoms with E-state index in [1.54, 1.807) is 0 Å². The Hall–Kier alpha value is -0.412. The van der Waals surface area contributed by atoms with E-state index in [9.17, 15) is 9.59 Å². The molecule has 0 aliphatic carbocycles. The molecule has 0 saturated heterocycles. The summed E-state index contributed by atoms with van der Waals surface area (Å²) in [5.74, 6) is 1.06. The van der Waals surface area contributed by atoms with Gasteiger partial charge < -0.3 is 21.3 Å². The minimum atomic E-state index is -0.00164. The van der Waals surface area contributed by atoms with Crippen molar-refractivity contribution in [1.82, 2.24) is 4.90 Å². The predicted molar refractivity (Wildman–Crippen MR) is 258 cm³/mol. The largest absolute Gasteiger partial charge is 0.465 e. The summed E-state index contributed by atoms with van der Waals surface area (Å²) in [6.45, 7) is 17.4. The SMILES string of the molecule is [CH2-]CN(CCCCCC(=O)OCC(CCCCCCCC)CCCCCCCCCC)CCCCCC(=O)OCC(CCCCCCCC)CCCCCCCCCC.[Mo]. The summed E-state index contributed by atoms with van der Waals surface area (Å²) in [5.41, 5.74) is 0. The summed E-state index contributed by atoms with van der Waals surface area (Å²) in [6, 6.07) is 0. The first-order valence-corrected chi connectivity index (χ1v) is 26.8. The molecule has 0 radical (unpaired) electrons. The molecule has 60 heavy (non-hydrogen) atoms. The molecule has 0 aliphatic heterocycles. The Bertz CT molecular complexity index is 790. The topological polar surface area (TPSA) is 55.8 Å². The number of unbranched alkanes of at least 4 members (excludes halogenated alkanes) is 28. The third-order valence-electron chi connectivity index (χ3n) is 12.9. The van der Waals surface area contributed by atoms with Crippen molar-refractivity contribution in [3.05, 3.63) is 6.92 Å². The summed E-state index contributed by atoms with van der Waals surface area (Å²) in [7, 11) is 0. The first kappa shape index (κ1) is 61.7. The zero-order chi connectivity index (χ0) is 43.1. The van der Waals surface area contributed by atoms with Crippen LogP contribution in [0, 0.1) is 18.8 Å². The fraction of sp³-hybridized carbons (Fsp3) is 0.944. The third-order valence-corrected chi connectivity index (χ3v) is 12.9. The summed E-state index contributed by atoms with van der Waals surface area (Å²) in [4.78, 5) is 27.8. The van der Waals surface area contributed by atoms with E-state index in [4.69, 9.17) is 9.47 Å². The van der Waals surface area contributed by atoms with Gasteiger partial charge in [-0.3, -0.25) is 9.59 Å². The van der Waals surface area contributed by atoms with Gasteiger partial charge in [-0.05, 0) is 76.3 Å². The van der Waals surface area contributed by atoms with Crippen LogP contribution < -0.4 is 0 Å². The second-order valence-electron chi connectivity index (χ2n) is 18.7. The second-order valence-corrected chi connectivity index (χ2v) is 18.7. The van der Waals surface area contributed by atoms with Crippen molar-refractivity contribution < 1.29 is 40.1 Å². The molecule has 0 aromatic carbocycles. The van der Waals surface area contributed by atoms with Gasteiger partial charge in [0.05, 0.1) is 13.2 Å². The number of hydrogen-bond acceptors (Lipinski definition) is 5. The van der Waals surface area contributed by atoms with Gasteiger partial charge in [0.1, 0.15) is 0 Å². The number of carbonyl (C=O) groups excluding carboxylic acids is 2. The maximum Gasteiger partial charge on any atom is 0.305 e.